The van der Waals surface area contributed by atoms with Gasteiger partial charge in [-0.25, -0.2) is 14.4 Å². The van der Waals surface area contributed by atoms with E-state index in [0.717, 1.165) is 17.8 Å². The van der Waals surface area contributed by atoms with E-state index in [4.69, 9.17) is 4.74 Å². The summed E-state index contributed by atoms with van der Waals surface area (Å²) >= 11 is 0. The zero-order valence-electron chi connectivity index (χ0n) is 10.9. The summed E-state index contributed by atoms with van der Waals surface area (Å²) in [5.41, 5.74) is 1.50. The summed E-state index contributed by atoms with van der Waals surface area (Å²) in [6.07, 6.45) is 3.14. The van der Waals surface area contributed by atoms with Gasteiger partial charge < -0.3 is 10.1 Å². The van der Waals surface area contributed by atoms with Crippen molar-refractivity contribution in [1.29, 1.82) is 0 Å². The maximum Gasteiger partial charge on any atom is 0.124 e. The van der Waals surface area contributed by atoms with E-state index in [-0.39, 0.29) is 11.9 Å². The number of hydrogen-bond donors (Lipinski definition) is 1. The molecule has 1 N–H and O–H groups in total. The summed E-state index contributed by atoms with van der Waals surface area (Å²) in [5, 5.41) is 3.28. The molecule has 0 bridgehead atoms. The van der Waals surface area contributed by atoms with E-state index in [2.05, 4.69) is 15.3 Å². The van der Waals surface area contributed by atoms with Crippen molar-refractivity contribution in [2.75, 3.05) is 13.7 Å². The monoisotopic (exact) mass is 261 g/mol. The van der Waals surface area contributed by atoms with Crippen LogP contribution in [0.25, 0.3) is 0 Å². The Morgan fingerprint density at radius 3 is 2.84 bits per heavy atom. The Morgan fingerprint density at radius 1 is 1.37 bits per heavy atom. The third-order valence-electron chi connectivity index (χ3n) is 2.81. The number of ether oxygens (including phenoxy) is 1. The number of aromatic nitrogens is 2. The number of nitrogens with zero attached hydrogens (tertiary/aromatic N) is 2. The molecule has 0 saturated heterocycles. The molecule has 19 heavy (non-hydrogen) atoms. The summed E-state index contributed by atoms with van der Waals surface area (Å²) < 4.78 is 18.8. The molecule has 4 nitrogen and oxygen atoms in total. The Kier molecular flexibility index (Phi) is 4.41. The van der Waals surface area contributed by atoms with E-state index in [1.54, 1.807) is 25.4 Å². The molecule has 0 aliphatic heterocycles. The van der Waals surface area contributed by atoms with Gasteiger partial charge in [0.05, 0.1) is 18.8 Å². The van der Waals surface area contributed by atoms with Gasteiger partial charge in [-0.2, -0.15) is 0 Å². The van der Waals surface area contributed by atoms with Crippen molar-refractivity contribution in [3.05, 3.63) is 53.9 Å². The second-order valence-corrected chi connectivity index (χ2v) is 4.01. The van der Waals surface area contributed by atoms with E-state index >= 15 is 0 Å². The zero-order chi connectivity index (χ0) is 13.7. The predicted molar refractivity (Wildman–Crippen MR) is 70.5 cm³/mol. The smallest absolute Gasteiger partial charge is 0.124 e. The predicted octanol–water partition coefficient (Wildman–Crippen LogP) is 2.32. The van der Waals surface area contributed by atoms with Gasteiger partial charge in [-0.05, 0) is 30.8 Å². The lowest BCUT2D eigenvalue weighted by Crippen LogP contribution is -2.23. The minimum atomic E-state index is -0.298. The van der Waals surface area contributed by atoms with Gasteiger partial charge >= 0.3 is 0 Å². The molecule has 0 aliphatic carbocycles. The second kappa shape index (κ2) is 6.24. The maximum absolute atomic E-state index is 13.5. The Hall–Kier alpha value is -2.01. The Morgan fingerprint density at radius 2 is 2.21 bits per heavy atom. The van der Waals surface area contributed by atoms with Crippen LogP contribution >= 0.6 is 0 Å². The van der Waals surface area contributed by atoms with Gasteiger partial charge in [0.25, 0.3) is 0 Å². The van der Waals surface area contributed by atoms with E-state index < -0.39 is 0 Å². The first kappa shape index (κ1) is 13.4. The van der Waals surface area contributed by atoms with Gasteiger partial charge in [-0.15, -0.1) is 0 Å². The molecule has 1 atom stereocenters. The van der Waals surface area contributed by atoms with Crippen LogP contribution in [0.1, 0.15) is 24.2 Å². The van der Waals surface area contributed by atoms with Gasteiger partial charge in [0.1, 0.15) is 17.9 Å². The van der Waals surface area contributed by atoms with Crippen molar-refractivity contribution < 1.29 is 9.13 Å². The van der Waals surface area contributed by atoms with Crippen molar-refractivity contribution in [1.82, 2.24) is 15.3 Å². The first-order valence-electron chi connectivity index (χ1n) is 6.09. The molecule has 0 fully saturated rings. The standard InChI is InChI=1S/C14H16FN3O/c1-3-17-14(12-6-7-16-9-18-12)11-8-10(15)4-5-13(11)19-2/h4-9,14,17H,3H2,1-2H3. The Labute approximate surface area is 111 Å². The summed E-state index contributed by atoms with van der Waals surface area (Å²) in [6.45, 7) is 2.72. The Bertz CT molecular complexity index is 533. The van der Waals surface area contributed by atoms with Crippen LogP contribution in [0.2, 0.25) is 0 Å². The zero-order valence-corrected chi connectivity index (χ0v) is 10.9. The Balaban J connectivity index is 2.47. The number of nitrogens with one attached hydrogen (secondary N) is 1. The molecule has 5 heteroatoms. The van der Waals surface area contributed by atoms with Crippen LogP contribution in [0, 0.1) is 5.82 Å². The van der Waals surface area contributed by atoms with Crippen LogP contribution in [0.5, 0.6) is 5.75 Å². The highest BCUT2D eigenvalue weighted by Gasteiger charge is 2.19. The molecular weight excluding hydrogens is 245 g/mol. The third-order valence-corrected chi connectivity index (χ3v) is 2.81. The second-order valence-electron chi connectivity index (χ2n) is 4.01. The van der Waals surface area contributed by atoms with Gasteiger partial charge in [0.2, 0.25) is 0 Å². The van der Waals surface area contributed by atoms with Gasteiger partial charge in [-0.3, -0.25) is 0 Å². The summed E-state index contributed by atoms with van der Waals surface area (Å²) in [5.74, 6) is 0.332. The minimum Gasteiger partial charge on any atom is -0.496 e. The summed E-state index contributed by atoms with van der Waals surface area (Å²) in [6, 6.07) is 6.05. The molecule has 0 aliphatic rings. The van der Waals surface area contributed by atoms with Crippen molar-refractivity contribution >= 4 is 0 Å². The SMILES string of the molecule is CCNC(c1ccncn1)c1cc(F)ccc1OC. The number of methoxy groups -OCH3 is 1. The van der Waals surface area contributed by atoms with Crippen LogP contribution in [-0.2, 0) is 0 Å². The highest BCUT2D eigenvalue weighted by Crippen LogP contribution is 2.29. The van der Waals surface area contributed by atoms with Gasteiger partial charge in [0.15, 0.2) is 0 Å². The van der Waals surface area contributed by atoms with E-state index in [0.29, 0.717) is 5.75 Å². The highest BCUT2D eigenvalue weighted by atomic mass is 19.1. The molecule has 0 amide bonds. The number of halogens is 1. The maximum atomic E-state index is 13.5. The summed E-state index contributed by atoms with van der Waals surface area (Å²) in [7, 11) is 1.57. The summed E-state index contributed by atoms with van der Waals surface area (Å²) in [4.78, 5) is 8.13. The molecule has 2 aromatic rings. The number of hydrogen-bond acceptors (Lipinski definition) is 4. The van der Waals surface area contributed by atoms with Crippen LogP contribution in [0.4, 0.5) is 4.39 Å². The topological polar surface area (TPSA) is 47.0 Å². The van der Waals surface area contributed by atoms with Gasteiger partial charge in [-0.1, -0.05) is 6.92 Å². The molecule has 1 unspecified atom stereocenters. The molecular formula is C14H16FN3O. The molecule has 1 heterocycles. The molecule has 2 rings (SSSR count). The van der Waals surface area contributed by atoms with Crippen molar-refractivity contribution in [3.63, 3.8) is 0 Å². The molecule has 1 aromatic heterocycles. The number of rotatable bonds is 5. The lowest BCUT2D eigenvalue weighted by atomic mass is 10.0. The van der Waals surface area contributed by atoms with Gasteiger partial charge in [0, 0.05) is 11.8 Å². The minimum absolute atomic E-state index is 0.223. The van der Waals surface area contributed by atoms with Crippen LogP contribution in [-0.4, -0.2) is 23.6 Å². The average molecular weight is 261 g/mol. The quantitative estimate of drug-likeness (QED) is 0.897. The van der Waals surface area contributed by atoms with E-state index in [9.17, 15) is 4.39 Å². The molecule has 100 valence electrons. The fourth-order valence-corrected chi connectivity index (χ4v) is 1.98. The third kappa shape index (κ3) is 3.06. The molecule has 0 saturated carbocycles. The largest absolute Gasteiger partial charge is 0.496 e. The normalized spacial score (nSPS) is 12.2. The van der Waals surface area contributed by atoms with Crippen molar-refractivity contribution in [2.45, 2.75) is 13.0 Å². The first-order valence-corrected chi connectivity index (χ1v) is 6.09. The fraction of sp³-hybridized carbons (Fsp3) is 0.286. The van der Waals surface area contributed by atoms with E-state index in [1.165, 1.54) is 18.5 Å². The van der Waals surface area contributed by atoms with Crippen LogP contribution in [0.15, 0.2) is 36.8 Å². The molecule has 0 radical (unpaired) electrons. The van der Waals surface area contributed by atoms with Crippen LogP contribution in [0.3, 0.4) is 0 Å². The lowest BCUT2D eigenvalue weighted by Gasteiger charge is -2.20. The number of benzene rings is 1. The first-order chi connectivity index (χ1) is 9.26. The fourth-order valence-electron chi connectivity index (χ4n) is 1.98. The highest BCUT2D eigenvalue weighted by molar-refractivity contribution is 5.40. The van der Waals surface area contributed by atoms with Crippen molar-refractivity contribution in [2.24, 2.45) is 0 Å². The molecule has 0 spiro atoms. The average Bonchev–Trinajstić information content (AvgIpc) is 2.45. The molecule has 1 aromatic carbocycles. The van der Waals surface area contributed by atoms with E-state index in [1.807, 2.05) is 6.92 Å². The van der Waals surface area contributed by atoms with Crippen molar-refractivity contribution in [3.8, 4) is 5.75 Å². The lowest BCUT2D eigenvalue weighted by molar-refractivity contribution is 0.402. The van der Waals surface area contributed by atoms with Crippen LogP contribution < -0.4 is 10.1 Å².